The SMILES string of the molecule is CCCCN(C)Cc1[nH]ncc1-c1ccc(Oc2cccc(C(=O)NC)c2)cc1. The number of carbonyl (C=O) groups is 1. The molecule has 0 aliphatic rings. The van der Waals surface area contributed by atoms with Gasteiger partial charge in [-0.15, -0.1) is 0 Å². The zero-order chi connectivity index (χ0) is 20.6. The summed E-state index contributed by atoms with van der Waals surface area (Å²) < 4.78 is 5.91. The minimum atomic E-state index is -0.137. The largest absolute Gasteiger partial charge is 0.457 e. The molecule has 2 N–H and O–H groups in total. The molecule has 0 spiro atoms. The van der Waals surface area contributed by atoms with Crippen LogP contribution in [-0.4, -0.2) is 41.6 Å². The highest BCUT2D eigenvalue weighted by Crippen LogP contribution is 2.28. The molecule has 1 aromatic heterocycles. The van der Waals surface area contributed by atoms with Gasteiger partial charge in [0.15, 0.2) is 0 Å². The first-order valence-corrected chi connectivity index (χ1v) is 9.92. The van der Waals surface area contributed by atoms with Crippen molar-refractivity contribution >= 4 is 5.91 Å². The molecule has 0 aliphatic heterocycles. The molecule has 0 radical (unpaired) electrons. The van der Waals surface area contributed by atoms with Crippen molar-refractivity contribution in [2.45, 2.75) is 26.3 Å². The first-order valence-electron chi connectivity index (χ1n) is 9.92. The Kier molecular flexibility index (Phi) is 7.03. The summed E-state index contributed by atoms with van der Waals surface area (Å²) in [6.07, 6.45) is 4.24. The van der Waals surface area contributed by atoms with Crippen molar-refractivity contribution in [2.24, 2.45) is 0 Å². The lowest BCUT2D eigenvalue weighted by Crippen LogP contribution is -2.19. The van der Waals surface area contributed by atoms with Gasteiger partial charge in [-0.05, 0) is 55.9 Å². The quantitative estimate of drug-likeness (QED) is 0.564. The van der Waals surface area contributed by atoms with Gasteiger partial charge in [0.05, 0.1) is 11.9 Å². The summed E-state index contributed by atoms with van der Waals surface area (Å²) in [5, 5.41) is 9.98. The summed E-state index contributed by atoms with van der Waals surface area (Å²) in [5.41, 5.74) is 3.86. The molecular weight excluding hydrogens is 364 g/mol. The van der Waals surface area contributed by atoms with Crippen LogP contribution in [-0.2, 0) is 6.54 Å². The van der Waals surface area contributed by atoms with Crippen LogP contribution in [0.25, 0.3) is 11.1 Å². The molecule has 0 saturated heterocycles. The van der Waals surface area contributed by atoms with E-state index in [-0.39, 0.29) is 5.91 Å². The second kappa shape index (κ2) is 9.89. The zero-order valence-electron chi connectivity index (χ0n) is 17.2. The number of nitrogens with zero attached hydrogens (tertiary/aromatic N) is 2. The van der Waals surface area contributed by atoms with E-state index in [1.54, 1.807) is 25.2 Å². The number of aromatic nitrogens is 2. The van der Waals surface area contributed by atoms with Gasteiger partial charge in [0.25, 0.3) is 5.91 Å². The number of ether oxygens (including phenoxy) is 1. The van der Waals surface area contributed by atoms with E-state index in [0.717, 1.165) is 29.9 Å². The number of hydrogen-bond acceptors (Lipinski definition) is 4. The number of nitrogens with one attached hydrogen (secondary N) is 2. The fraction of sp³-hybridized carbons (Fsp3) is 0.304. The number of hydrogen-bond donors (Lipinski definition) is 2. The Morgan fingerprint density at radius 1 is 1.17 bits per heavy atom. The van der Waals surface area contributed by atoms with Crippen molar-refractivity contribution in [3.05, 3.63) is 66.0 Å². The Bertz CT molecular complexity index is 934. The monoisotopic (exact) mass is 392 g/mol. The molecule has 1 amide bonds. The topological polar surface area (TPSA) is 70.2 Å². The first kappa shape index (κ1) is 20.6. The third kappa shape index (κ3) is 5.45. The van der Waals surface area contributed by atoms with Crippen LogP contribution in [0.2, 0.25) is 0 Å². The van der Waals surface area contributed by atoms with Gasteiger partial charge in [0.1, 0.15) is 11.5 Å². The van der Waals surface area contributed by atoms with E-state index in [4.69, 9.17) is 4.74 Å². The molecule has 0 atom stereocenters. The molecule has 152 valence electrons. The maximum Gasteiger partial charge on any atom is 0.251 e. The number of rotatable bonds is 9. The highest BCUT2D eigenvalue weighted by molar-refractivity contribution is 5.94. The van der Waals surface area contributed by atoms with Crippen LogP contribution >= 0.6 is 0 Å². The summed E-state index contributed by atoms with van der Waals surface area (Å²) in [4.78, 5) is 14.1. The molecular formula is C23H28N4O2. The predicted molar refractivity (Wildman–Crippen MR) is 115 cm³/mol. The molecule has 0 unspecified atom stereocenters. The lowest BCUT2D eigenvalue weighted by Gasteiger charge is -2.16. The zero-order valence-corrected chi connectivity index (χ0v) is 17.2. The van der Waals surface area contributed by atoms with Crippen molar-refractivity contribution in [3.63, 3.8) is 0 Å². The average molecular weight is 393 g/mol. The van der Waals surface area contributed by atoms with Crippen LogP contribution in [0.4, 0.5) is 0 Å². The van der Waals surface area contributed by atoms with Crippen LogP contribution in [0.5, 0.6) is 11.5 Å². The molecule has 0 aliphatic carbocycles. The van der Waals surface area contributed by atoms with Crippen LogP contribution in [0.15, 0.2) is 54.7 Å². The number of aromatic amines is 1. The normalized spacial score (nSPS) is 10.9. The summed E-state index contributed by atoms with van der Waals surface area (Å²) in [5.74, 6) is 1.20. The molecule has 3 aromatic rings. The molecule has 29 heavy (non-hydrogen) atoms. The van der Waals surface area contributed by atoms with E-state index < -0.39 is 0 Å². The van der Waals surface area contributed by atoms with E-state index in [1.807, 2.05) is 36.5 Å². The van der Waals surface area contributed by atoms with Crippen molar-refractivity contribution in [2.75, 3.05) is 20.6 Å². The van der Waals surface area contributed by atoms with Crippen LogP contribution in [0.3, 0.4) is 0 Å². The fourth-order valence-electron chi connectivity index (χ4n) is 3.14. The van der Waals surface area contributed by atoms with Crippen LogP contribution in [0.1, 0.15) is 35.8 Å². The van der Waals surface area contributed by atoms with Gasteiger partial charge in [-0.3, -0.25) is 9.89 Å². The summed E-state index contributed by atoms with van der Waals surface area (Å²) >= 11 is 0. The highest BCUT2D eigenvalue weighted by atomic mass is 16.5. The fourth-order valence-corrected chi connectivity index (χ4v) is 3.14. The molecule has 1 heterocycles. The second-order valence-electron chi connectivity index (χ2n) is 7.09. The number of carbonyl (C=O) groups excluding carboxylic acids is 1. The Balaban J connectivity index is 1.70. The number of amides is 1. The van der Waals surface area contributed by atoms with E-state index in [0.29, 0.717) is 17.1 Å². The van der Waals surface area contributed by atoms with Gasteiger partial charge in [0.2, 0.25) is 0 Å². The molecule has 6 heteroatoms. The summed E-state index contributed by atoms with van der Waals surface area (Å²) in [6, 6.07) is 15.0. The van der Waals surface area contributed by atoms with Gasteiger partial charge in [0, 0.05) is 24.7 Å². The van der Waals surface area contributed by atoms with Gasteiger partial charge in [-0.1, -0.05) is 31.5 Å². The van der Waals surface area contributed by atoms with Crippen LogP contribution < -0.4 is 10.1 Å². The van der Waals surface area contributed by atoms with Gasteiger partial charge < -0.3 is 15.0 Å². The van der Waals surface area contributed by atoms with Gasteiger partial charge in [-0.25, -0.2) is 0 Å². The predicted octanol–water partition coefficient (Wildman–Crippen LogP) is 4.46. The van der Waals surface area contributed by atoms with Crippen molar-refractivity contribution < 1.29 is 9.53 Å². The molecule has 0 saturated carbocycles. The van der Waals surface area contributed by atoms with Crippen molar-refractivity contribution in [1.29, 1.82) is 0 Å². The Morgan fingerprint density at radius 3 is 2.69 bits per heavy atom. The molecule has 0 bridgehead atoms. The molecule has 0 fully saturated rings. The lowest BCUT2D eigenvalue weighted by atomic mass is 10.1. The minimum Gasteiger partial charge on any atom is -0.457 e. The Labute approximate surface area is 171 Å². The minimum absolute atomic E-state index is 0.137. The van der Waals surface area contributed by atoms with E-state index in [1.165, 1.54) is 12.8 Å². The highest BCUT2D eigenvalue weighted by Gasteiger charge is 2.11. The smallest absolute Gasteiger partial charge is 0.251 e. The lowest BCUT2D eigenvalue weighted by molar-refractivity contribution is 0.0963. The summed E-state index contributed by atoms with van der Waals surface area (Å²) in [6.45, 7) is 4.10. The van der Waals surface area contributed by atoms with Crippen molar-refractivity contribution in [3.8, 4) is 22.6 Å². The first-order chi connectivity index (χ1) is 14.1. The number of benzene rings is 2. The number of H-pyrrole nitrogens is 1. The van der Waals surface area contributed by atoms with E-state index in [9.17, 15) is 4.79 Å². The molecule has 3 rings (SSSR count). The molecule has 6 nitrogen and oxygen atoms in total. The maximum absolute atomic E-state index is 11.8. The summed E-state index contributed by atoms with van der Waals surface area (Å²) in [7, 11) is 3.74. The Morgan fingerprint density at radius 2 is 1.97 bits per heavy atom. The standard InChI is InChI=1S/C23H28N4O2/c1-4-5-13-27(3)16-22-21(15-25-26-22)17-9-11-19(12-10-17)29-20-8-6-7-18(14-20)23(28)24-2/h6-12,14-15H,4-5,13,16H2,1-3H3,(H,24,28)(H,25,26). The third-order valence-corrected chi connectivity index (χ3v) is 4.76. The molecule has 2 aromatic carbocycles. The van der Waals surface area contributed by atoms with E-state index in [2.05, 4.69) is 34.4 Å². The second-order valence-corrected chi connectivity index (χ2v) is 7.09. The average Bonchev–Trinajstić information content (AvgIpc) is 3.20. The van der Waals surface area contributed by atoms with Gasteiger partial charge >= 0.3 is 0 Å². The number of unbranched alkanes of at least 4 members (excludes halogenated alkanes) is 1. The Hall–Kier alpha value is -3.12. The van der Waals surface area contributed by atoms with Crippen LogP contribution in [0, 0.1) is 0 Å². The third-order valence-electron chi connectivity index (χ3n) is 4.76. The van der Waals surface area contributed by atoms with Gasteiger partial charge in [-0.2, -0.15) is 5.10 Å². The maximum atomic E-state index is 11.8. The van der Waals surface area contributed by atoms with Crippen molar-refractivity contribution in [1.82, 2.24) is 20.4 Å². The van der Waals surface area contributed by atoms with E-state index >= 15 is 0 Å².